The Kier molecular flexibility index (Phi) is 4.50. The van der Waals surface area contributed by atoms with Crippen molar-refractivity contribution >= 4 is 34.8 Å². The van der Waals surface area contributed by atoms with Gasteiger partial charge in [-0.2, -0.15) is 5.10 Å². The highest BCUT2D eigenvalue weighted by atomic mass is 32.2. The average molecular weight is 311 g/mol. The number of pyridine rings is 1. The third-order valence-corrected chi connectivity index (χ3v) is 4.02. The van der Waals surface area contributed by atoms with E-state index in [0.717, 1.165) is 21.5 Å². The molecule has 0 spiro atoms. The number of hydrazone groups is 1. The van der Waals surface area contributed by atoms with E-state index in [2.05, 4.69) is 20.5 Å². The summed E-state index contributed by atoms with van der Waals surface area (Å²) in [5.74, 6) is 0.171. The highest BCUT2D eigenvalue weighted by Gasteiger charge is 2.05. The number of thioether (sulfide) groups is 1. The first-order chi connectivity index (χ1) is 10.8. The van der Waals surface area contributed by atoms with Crippen molar-refractivity contribution in [3.63, 3.8) is 0 Å². The van der Waals surface area contributed by atoms with E-state index < -0.39 is 0 Å². The summed E-state index contributed by atoms with van der Waals surface area (Å²) < 4.78 is 0. The van der Waals surface area contributed by atoms with E-state index in [0.29, 0.717) is 5.75 Å². The van der Waals surface area contributed by atoms with Gasteiger partial charge < -0.3 is 4.98 Å². The van der Waals surface area contributed by atoms with Crippen LogP contribution in [0, 0.1) is 0 Å². The van der Waals surface area contributed by atoms with Crippen LogP contribution in [0.5, 0.6) is 0 Å². The monoisotopic (exact) mass is 311 g/mol. The second kappa shape index (κ2) is 6.91. The summed E-state index contributed by atoms with van der Waals surface area (Å²) in [5, 5.41) is 6.03. The SMILES string of the molecule is O=C(CSc1cccc[nH+]1)N/N=C/c1c[nH]c2ccccc12. The van der Waals surface area contributed by atoms with Gasteiger partial charge in [-0.1, -0.05) is 18.2 Å². The van der Waals surface area contributed by atoms with E-state index in [1.807, 2.05) is 54.9 Å². The van der Waals surface area contributed by atoms with Crippen molar-refractivity contribution in [3.8, 4) is 0 Å². The molecule has 2 aromatic heterocycles. The van der Waals surface area contributed by atoms with Crippen LogP contribution in [-0.2, 0) is 4.79 Å². The molecule has 0 unspecified atom stereocenters. The second-order valence-corrected chi connectivity index (χ2v) is 5.62. The Labute approximate surface area is 131 Å². The van der Waals surface area contributed by atoms with Crippen LogP contribution in [0.25, 0.3) is 10.9 Å². The molecule has 22 heavy (non-hydrogen) atoms. The minimum Gasteiger partial charge on any atom is -0.361 e. The third-order valence-electron chi connectivity index (χ3n) is 3.05. The van der Waals surface area contributed by atoms with Crippen molar-refractivity contribution in [2.45, 2.75) is 5.03 Å². The van der Waals surface area contributed by atoms with Gasteiger partial charge in [0.2, 0.25) is 5.03 Å². The molecule has 0 radical (unpaired) electrons. The maximum atomic E-state index is 11.7. The summed E-state index contributed by atoms with van der Waals surface area (Å²) >= 11 is 1.43. The summed E-state index contributed by atoms with van der Waals surface area (Å²) in [6.45, 7) is 0. The van der Waals surface area contributed by atoms with E-state index >= 15 is 0 Å². The first-order valence-electron chi connectivity index (χ1n) is 6.80. The number of aromatic amines is 2. The Hall–Kier alpha value is -2.60. The second-order valence-electron chi connectivity index (χ2n) is 4.60. The van der Waals surface area contributed by atoms with E-state index in [1.165, 1.54) is 11.8 Å². The van der Waals surface area contributed by atoms with Crippen molar-refractivity contribution in [1.82, 2.24) is 10.4 Å². The van der Waals surface area contributed by atoms with Crippen LogP contribution in [-0.4, -0.2) is 22.9 Å². The molecular formula is C16H15N4OS+. The highest BCUT2D eigenvalue weighted by molar-refractivity contribution is 7.99. The number of benzene rings is 1. The molecule has 110 valence electrons. The Morgan fingerprint density at radius 1 is 1.27 bits per heavy atom. The summed E-state index contributed by atoms with van der Waals surface area (Å²) in [4.78, 5) is 18.0. The van der Waals surface area contributed by atoms with Crippen molar-refractivity contribution < 1.29 is 9.78 Å². The summed E-state index contributed by atoms with van der Waals surface area (Å²) in [6.07, 6.45) is 5.35. The van der Waals surface area contributed by atoms with E-state index in [1.54, 1.807) is 6.21 Å². The molecule has 0 atom stereocenters. The molecule has 0 aliphatic rings. The number of rotatable bonds is 5. The molecule has 5 nitrogen and oxygen atoms in total. The van der Waals surface area contributed by atoms with Crippen molar-refractivity contribution in [2.24, 2.45) is 5.10 Å². The average Bonchev–Trinajstić information content (AvgIpc) is 2.97. The van der Waals surface area contributed by atoms with Crippen molar-refractivity contribution in [1.29, 1.82) is 0 Å². The van der Waals surface area contributed by atoms with Gasteiger partial charge in [0.1, 0.15) is 0 Å². The minimum atomic E-state index is -0.140. The maximum Gasteiger partial charge on any atom is 0.250 e. The van der Waals surface area contributed by atoms with Gasteiger partial charge in [0.25, 0.3) is 5.91 Å². The maximum absolute atomic E-state index is 11.7. The van der Waals surface area contributed by atoms with Crippen LogP contribution in [0.4, 0.5) is 0 Å². The molecule has 1 amide bonds. The number of carbonyl (C=O) groups is 1. The number of aromatic nitrogens is 2. The zero-order valence-corrected chi connectivity index (χ0v) is 12.6. The van der Waals surface area contributed by atoms with Gasteiger partial charge in [-0.05, 0) is 23.9 Å². The van der Waals surface area contributed by atoms with Crippen LogP contribution in [0.2, 0.25) is 0 Å². The molecule has 0 saturated carbocycles. The van der Waals surface area contributed by atoms with Crippen LogP contribution in [0.15, 0.2) is 65.0 Å². The summed E-state index contributed by atoms with van der Waals surface area (Å²) in [6, 6.07) is 13.7. The number of fused-ring (bicyclic) bond motifs is 1. The summed E-state index contributed by atoms with van der Waals surface area (Å²) in [5.41, 5.74) is 4.53. The molecule has 3 N–H and O–H groups in total. The van der Waals surface area contributed by atoms with Gasteiger partial charge in [0.15, 0.2) is 6.20 Å². The van der Waals surface area contributed by atoms with Crippen LogP contribution in [0.3, 0.4) is 0 Å². The molecule has 2 heterocycles. The lowest BCUT2D eigenvalue weighted by molar-refractivity contribution is -0.426. The number of nitrogens with one attached hydrogen (secondary N) is 3. The number of H-pyrrole nitrogens is 2. The van der Waals surface area contributed by atoms with Gasteiger partial charge in [0, 0.05) is 34.8 Å². The van der Waals surface area contributed by atoms with Crippen molar-refractivity contribution in [2.75, 3.05) is 5.75 Å². The number of nitrogens with zero attached hydrogens (tertiary/aromatic N) is 1. The first-order valence-corrected chi connectivity index (χ1v) is 7.79. The normalized spacial score (nSPS) is 11.1. The fraction of sp³-hybridized carbons (Fsp3) is 0.0625. The van der Waals surface area contributed by atoms with E-state index in [4.69, 9.17) is 0 Å². The lowest BCUT2D eigenvalue weighted by atomic mass is 10.2. The molecule has 0 saturated heterocycles. The first kappa shape index (κ1) is 14.3. The molecule has 0 fully saturated rings. The predicted octanol–water partition coefficient (Wildman–Crippen LogP) is 2.22. The molecule has 0 bridgehead atoms. The standard InChI is InChI=1S/C16H14N4OS/c21-15(11-22-16-7-3-4-8-17-16)20-19-10-12-9-18-14-6-2-1-5-13(12)14/h1-10,18H,11H2,(H,20,21)/p+1/b19-10+. The minimum absolute atomic E-state index is 0.140. The Morgan fingerprint density at radius 2 is 2.14 bits per heavy atom. The lowest BCUT2D eigenvalue weighted by Crippen LogP contribution is -2.20. The van der Waals surface area contributed by atoms with Gasteiger partial charge in [-0.3, -0.25) is 4.79 Å². The van der Waals surface area contributed by atoms with Crippen LogP contribution in [0.1, 0.15) is 5.56 Å². The number of hydrogen-bond donors (Lipinski definition) is 2. The molecule has 0 aliphatic heterocycles. The number of amides is 1. The third kappa shape index (κ3) is 3.53. The molecule has 6 heteroatoms. The van der Waals surface area contributed by atoms with E-state index in [-0.39, 0.29) is 5.91 Å². The van der Waals surface area contributed by atoms with Gasteiger partial charge in [-0.25, -0.2) is 10.4 Å². The van der Waals surface area contributed by atoms with Gasteiger partial charge >= 0.3 is 0 Å². The highest BCUT2D eigenvalue weighted by Crippen LogP contribution is 2.15. The predicted molar refractivity (Wildman–Crippen MR) is 87.8 cm³/mol. The molecule has 3 aromatic rings. The quantitative estimate of drug-likeness (QED) is 0.431. The lowest BCUT2D eigenvalue weighted by Gasteiger charge is -1.97. The Balaban J connectivity index is 1.54. The largest absolute Gasteiger partial charge is 0.361 e. The number of hydrogen-bond acceptors (Lipinski definition) is 3. The smallest absolute Gasteiger partial charge is 0.250 e. The van der Waals surface area contributed by atoms with Gasteiger partial charge in [0.05, 0.1) is 12.0 Å². The Morgan fingerprint density at radius 3 is 3.00 bits per heavy atom. The molecule has 0 aliphatic carbocycles. The van der Waals surface area contributed by atoms with Gasteiger partial charge in [-0.15, -0.1) is 0 Å². The fourth-order valence-electron chi connectivity index (χ4n) is 2.02. The molecule has 1 aromatic carbocycles. The van der Waals surface area contributed by atoms with E-state index in [9.17, 15) is 4.79 Å². The van der Waals surface area contributed by atoms with Crippen LogP contribution < -0.4 is 10.4 Å². The number of carbonyl (C=O) groups excluding carboxylic acids is 1. The summed E-state index contributed by atoms with van der Waals surface area (Å²) in [7, 11) is 0. The molecular weight excluding hydrogens is 296 g/mol. The number of para-hydroxylation sites is 1. The Bertz CT molecular complexity index is 798. The fourth-order valence-corrected chi connectivity index (χ4v) is 2.69. The zero-order valence-electron chi connectivity index (χ0n) is 11.7. The zero-order chi connectivity index (χ0) is 15.2. The molecule has 3 rings (SSSR count). The van der Waals surface area contributed by atoms with Crippen LogP contribution >= 0.6 is 11.8 Å². The topological polar surface area (TPSA) is 71.4 Å². The van der Waals surface area contributed by atoms with Crippen molar-refractivity contribution in [3.05, 3.63) is 60.4 Å².